The molecule has 0 unspecified atom stereocenters. The van der Waals surface area contributed by atoms with Gasteiger partial charge in [0.2, 0.25) is 0 Å². The molecule has 0 spiro atoms. The van der Waals surface area contributed by atoms with Crippen LogP contribution in [0, 0.1) is 0 Å². The SMILES string of the molecule is C[C@@H](NC(=O)c1ccc(=O)n(-c2ccncc2)c1)c1cc(N)cc(C(F)(F)F)c1. The normalized spacial score (nSPS) is 12.4. The Morgan fingerprint density at radius 1 is 1.14 bits per heavy atom. The van der Waals surface area contributed by atoms with Gasteiger partial charge in [0.25, 0.3) is 11.5 Å². The minimum absolute atomic E-state index is 0.0536. The van der Waals surface area contributed by atoms with E-state index >= 15 is 0 Å². The van der Waals surface area contributed by atoms with Crippen molar-refractivity contribution in [3.63, 3.8) is 0 Å². The number of carbonyl (C=O) groups excluding carboxylic acids is 1. The number of anilines is 1. The Balaban J connectivity index is 1.86. The molecule has 1 amide bonds. The van der Waals surface area contributed by atoms with Gasteiger partial charge in [0.1, 0.15) is 0 Å². The van der Waals surface area contributed by atoms with E-state index in [0.717, 1.165) is 12.1 Å². The highest BCUT2D eigenvalue weighted by Crippen LogP contribution is 2.32. The summed E-state index contributed by atoms with van der Waals surface area (Å²) in [7, 11) is 0. The van der Waals surface area contributed by atoms with Crippen LogP contribution in [0.5, 0.6) is 0 Å². The van der Waals surface area contributed by atoms with Gasteiger partial charge in [-0.1, -0.05) is 0 Å². The van der Waals surface area contributed by atoms with Gasteiger partial charge in [-0.05, 0) is 48.9 Å². The second kappa shape index (κ2) is 7.78. The lowest BCUT2D eigenvalue weighted by molar-refractivity contribution is -0.137. The Hall–Kier alpha value is -3.62. The molecule has 3 N–H and O–H groups in total. The van der Waals surface area contributed by atoms with Crippen molar-refractivity contribution in [3.8, 4) is 5.69 Å². The van der Waals surface area contributed by atoms with Crippen LogP contribution in [-0.4, -0.2) is 15.5 Å². The number of rotatable bonds is 4. The van der Waals surface area contributed by atoms with Crippen molar-refractivity contribution in [1.29, 1.82) is 0 Å². The molecule has 29 heavy (non-hydrogen) atoms. The summed E-state index contributed by atoms with van der Waals surface area (Å²) < 4.78 is 40.3. The minimum Gasteiger partial charge on any atom is -0.399 e. The van der Waals surface area contributed by atoms with Crippen LogP contribution in [0.1, 0.15) is 34.5 Å². The highest BCUT2D eigenvalue weighted by atomic mass is 19.4. The van der Waals surface area contributed by atoms with E-state index in [1.807, 2.05) is 0 Å². The van der Waals surface area contributed by atoms with E-state index in [0.29, 0.717) is 5.69 Å². The Labute approximate surface area is 163 Å². The average molecular weight is 402 g/mol. The van der Waals surface area contributed by atoms with Crippen LogP contribution in [-0.2, 0) is 6.18 Å². The van der Waals surface area contributed by atoms with Crippen LogP contribution < -0.4 is 16.6 Å². The molecule has 2 heterocycles. The maximum atomic E-state index is 13.0. The maximum Gasteiger partial charge on any atom is 0.416 e. The fourth-order valence-electron chi connectivity index (χ4n) is 2.78. The van der Waals surface area contributed by atoms with Gasteiger partial charge >= 0.3 is 6.18 Å². The predicted octanol–water partition coefficient (Wildman–Crippen LogP) is 3.32. The first-order valence-corrected chi connectivity index (χ1v) is 8.57. The van der Waals surface area contributed by atoms with Gasteiger partial charge < -0.3 is 11.1 Å². The van der Waals surface area contributed by atoms with Crippen LogP contribution in [0.3, 0.4) is 0 Å². The Kier molecular flexibility index (Phi) is 5.40. The largest absolute Gasteiger partial charge is 0.416 e. The second-order valence-electron chi connectivity index (χ2n) is 6.41. The topological polar surface area (TPSA) is 90.0 Å². The van der Waals surface area contributed by atoms with Crippen LogP contribution in [0.4, 0.5) is 18.9 Å². The summed E-state index contributed by atoms with van der Waals surface area (Å²) in [5.41, 5.74) is 5.21. The van der Waals surface area contributed by atoms with Crippen molar-refractivity contribution < 1.29 is 18.0 Å². The number of carbonyl (C=O) groups is 1. The summed E-state index contributed by atoms with van der Waals surface area (Å²) in [5, 5.41) is 2.63. The molecule has 0 saturated heterocycles. The van der Waals surface area contributed by atoms with Gasteiger partial charge in [-0.15, -0.1) is 0 Å². The smallest absolute Gasteiger partial charge is 0.399 e. The molecule has 0 aliphatic rings. The van der Waals surface area contributed by atoms with E-state index in [1.165, 1.54) is 41.4 Å². The zero-order valence-corrected chi connectivity index (χ0v) is 15.3. The molecule has 3 aromatic rings. The first-order chi connectivity index (χ1) is 13.6. The molecule has 9 heteroatoms. The van der Waals surface area contributed by atoms with E-state index in [-0.39, 0.29) is 22.4 Å². The van der Waals surface area contributed by atoms with Gasteiger partial charge in [0.05, 0.1) is 22.9 Å². The highest BCUT2D eigenvalue weighted by Gasteiger charge is 2.31. The van der Waals surface area contributed by atoms with E-state index in [2.05, 4.69) is 10.3 Å². The molecule has 0 fully saturated rings. The van der Waals surface area contributed by atoms with Gasteiger partial charge in [-0.25, -0.2) is 0 Å². The van der Waals surface area contributed by atoms with Gasteiger partial charge in [-0.2, -0.15) is 13.2 Å². The Morgan fingerprint density at radius 3 is 2.48 bits per heavy atom. The van der Waals surface area contributed by atoms with Crippen LogP contribution in [0.15, 0.2) is 65.8 Å². The summed E-state index contributed by atoms with van der Waals surface area (Å²) in [6, 6.07) is 8.22. The molecule has 150 valence electrons. The van der Waals surface area contributed by atoms with Crippen LogP contribution in [0.25, 0.3) is 5.69 Å². The molecular formula is C20H17F3N4O2. The van der Waals surface area contributed by atoms with E-state index in [4.69, 9.17) is 5.73 Å². The lowest BCUT2D eigenvalue weighted by atomic mass is 10.0. The number of aromatic nitrogens is 2. The lowest BCUT2D eigenvalue weighted by Gasteiger charge is -2.17. The fourth-order valence-corrected chi connectivity index (χ4v) is 2.78. The average Bonchev–Trinajstić information content (AvgIpc) is 2.67. The van der Waals surface area contributed by atoms with Gasteiger partial charge in [-0.3, -0.25) is 19.1 Å². The van der Waals surface area contributed by atoms with Crippen molar-refractivity contribution >= 4 is 11.6 Å². The summed E-state index contributed by atoms with van der Waals surface area (Å²) in [6.07, 6.45) is -0.169. The number of nitrogen functional groups attached to an aromatic ring is 1. The summed E-state index contributed by atoms with van der Waals surface area (Å²) >= 11 is 0. The van der Waals surface area contributed by atoms with Crippen molar-refractivity contribution in [1.82, 2.24) is 14.9 Å². The Morgan fingerprint density at radius 2 is 1.83 bits per heavy atom. The minimum atomic E-state index is -4.55. The molecule has 0 radical (unpaired) electrons. The number of benzene rings is 1. The quantitative estimate of drug-likeness (QED) is 0.655. The molecular weight excluding hydrogens is 385 g/mol. The van der Waals surface area contributed by atoms with Gasteiger partial charge in [0, 0.05) is 30.3 Å². The molecule has 0 saturated carbocycles. The summed E-state index contributed by atoms with van der Waals surface area (Å²) in [5.74, 6) is -0.545. The molecule has 1 atom stereocenters. The van der Waals surface area contributed by atoms with Crippen LogP contribution >= 0.6 is 0 Å². The third-order valence-corrected chi connectivity index (χ3v) is 4.27. The molecule has 1 aromatic carbocycles. The van der Waals surface area contributed by atoms with E-state index < -0.39 is 23.7 Å². The summed E-state index contributed by atoms with van der Waals surface area (Å²) in [6.45, 7) is 1.55. The molecule has 0 bridgehead atoms. The zero-order chi connectivity index (χ0) is 21.2. The third kappa shape index (κ3) is 4.63. The molecule has 2 aromatic heterocycles. The van der Waals surface area contributed by atoms with Gasteiger partial charge in [0.15, 0.2) is 0 Å². The third-order valence-electron chi connectivity index (χ3n) is 4.27. The number of halogens is 3. The van der Waals surface area contributed by atoms with Crippen molar-refractivity contribution in [2.75, 3.05) is 5.73 Å². The van der Waals surface area contributed by atoms with E-state index in [1.54, 1.807) is 19.1 Å². The Bertz CT molecular complexity index is 1090. The van der Waals surface area contributed by atoms with Crippen molar-refractivity contribution in [2.24, 2.45) is 0 Å². The standard InChI is InChI=1S/C20H17F3N4O2/c1-12(14-8-15(20(21,22)23)10-16(24)9-14)26-19(29)13-2-3-18(28)27(11-13)17-4-6-25-7-5-17/h2-12H,24H2,1H3,(H,26,29)/t12-/m1/s1. The number of nitrogens with one attached hydrogen (secondary N) is 1. The van der Waals surface area contributed by atoms with Crippen molar-refractivity contribution in [3.05, 3.63) is 88.1 Å². The zero-order valence-electron chi connectivity index (χ0n) is 15.3. The first-order valence-electron chi connectivity index (χ1n) is 8.57. The van der Waals surface area contributed by atoms with E-state index in [9.17, 15) is 22.8 Å². The second-order valence-corrected chi connectivity index (χ2v) is 6.41. The molecule has 0 aliphatic heterocycles. The van der Waals surface area contributed by atoms with Crippen LogP contribution in [0.2, 0.25) is 0 Å². The number of pyridine rings is 2. The number of nitrogens with two attached hydrogens (primary N) is 1. The number of hydrogen-bond donors (Lipinski definition) is 2. The molecule has 6 nitrogen and oxygen atoms in total. The number of alkyl halides is 3. The fraction of sp³-hybridized carbons (Fsp3) is 0.150. The predicted molar refractivity (Wildman–Crippen MR) is 102 cm³/mol. The lowest BCUT2D eigenvalue weighted by Crippen LogP contribution is -2.28. The maximum absolute atomic E-state index is 13.0. The monoisotopic (exact) mass is 402 g/mol. The number of hydrogen-bond acceptors (Lipinski definition) is 4. The van der Waals surface area contributed by atoms with Crippen molar-refractivity contribution in [2.45, 2.75) is 19.1 Å². The summed E-state index contributed by atoms with van der Waals surface area (Å²) in [4.78, 5) is 28.6. The highest BCUT2D eigenvalue weighted by molar-refractivity contribution is 5.94. The number of nitrogens with zero attached hydrogens (tertiary/aromatic N) is 2. The number of amides is 1. The first kappa shape index (κ1) is 20.1. The molecule has 0 aliphatic carbocycles. The molecule has 3 rings (SSSR count).